The van der Waals surface area contributed by atoms with Crippen LogP contribution in [0, 0.1) is 0 Å². The van der Waals surface area contributed by atoms with E-state index in [1.54, 1.807) is 12.1 Å². The molecule has 1 N–H and O–H groups in total. The number of benzene rings is 1. The van der Waals surface area contributed by atoms with Gasteiger partial charge in [-0.05, 0) is 31.7 Å². The summed E-state index contributed by atoms with van der Waals surface area (Å²) in [6, 6.07) is 4.77. The van der Waals surface area contributed by atoms with Crippen molar-refractivity contribution in [1.82, 2.24) is 0 Å². The molecule has 0 unspecified atom stereocenters. The number of allylic oxidation sites excluding steroid dienone is 1. The number of hydrogen-bond acceptors (Lipinski definition) is 5. The van der Waals surface area contributed by atoms with E-state index in [1.165, 1.54) is 18.6 Å². The highest BCUT2D eigenvalue weighted by molar-refractivity contribution is 7.92. The molecular weight excluding hydrogens is 330 g/mol. The van der Waals surface area contributed by atoms with E-state index in [2.05, 4.69) is 4.72 Å². The van der Waals surface area contributed by atoms with Gasteiger partial charge in [-0.2, -0.15) is 0 Å². The predicted molar refractivity (Wildman–Crippen MR) is 90.2 cm³/mol. The van der Waals surface area contributed by atoms with Crippen molar-refractivity contribution in [3.8, 4) is 0 Å². The molecule has 6 nitrogen and oxygen atoms in total. The zero-order chi connectivity index (χ0) is 17.3. The molecule has 0 heterocycles. The van der Waals surface area contributed by atoms with Crippen LogP contribution < -0.4 is 4.72 Å². The number of ether oxygens (including phenoxy) is 1. The summed E-state index contributed by atoms with van der Waals surface area (Å²) >= 11 is 0. The third-order valence-corrected chi connectivity index (χ3v) is 4.77. The minimum Gasteiger partial charge on any atom is -0.490 e. The van der Waals surface area contributed by atoms with E-state index in [-0.39, 0.29) is 17.4 Å². The minimum absolute atomic E-state index is 0.0189. The lowest BCUT2D eigenvalue weighted by Crippen LogP contribution is -2.25. The first-order valence-electron chi connectivity index (χ1n) is 7.93. The molecule has 3 rings (SSSR count). The number of Topliss-reactive ketones (excluding diaryl/α,β-unsaturated/α-hetero) is 1. The number of rotatable bonds is 4. The summed E-state index contributed by atoms with van der Waals surface area (Å²) < 4.78 is 31.3. The zero-order valence-electron chi connectivity index (χ0n) is 13.4. The quantitative estimate of drug-likeness (QED) is 0.844. The van der Waals surface area contributed by atoms with Gasteiger partial charge in [0, 0.05) is 11.6 Å². The van der Waals surface area contributed by atoms with Crippen LogP contribution in [0.3, 0.4) is 0 Å². The van der Waals surface area contributed by atoms with Crippen LogP contribution in [-0.2, 0) is 19.6 Å². The fourth-order valence-corrected chi connectivity index (χ4v) is 3.70. The predicted octanol–water partition coefficient (Wildman–Crippen LogP) is 2.51. The number of sulfonamides is 1. The average Bonchev–Trinajstić information content (AvgIpc) is 2.52. The third kappa shape index (κ3) is 3.51. The van der Waals surface area contributed by atoms with Crippen LogP contribution in [0.15, 0.2) is 24.3 Å². The van der Waals surface area contributed by atoms with E-state index >= 15 is 0 Å². The normalized spacial score (nSPS) is 18.8. The van der Waals surface area contributed by atoms with Gasteiger partial charge in [-0.1, -0.05) is 18.6 Å². The zero-order valence-corrected chi connectivity index (χ0v) is 14.2. The summed E-state index contributed by atoms with van der Waals surface area (Å²) in [6.07, 6.45) is 7.38. The molecule has 1 aromatic carbocycles. The van der Waals surface area contributed by atoms with Gasteiger partial charge in [0.2, 0.25) is 21.6 Å². The van der Waals surface area contributed by atoms with Gasteiger partial charge in [-0.3, -0.25) is 14.3 Å². The summed E-state index contributed by atoms with van der Waals surface area (Å²) in [5.41, 5.74) is 0.617. The van der Waals surface area contributed by atoms with Crippen molar-refractivity contribution in [2.45, 2.75) is 38.2 Å². The van der Waals surface area contributed by atoms with Gasteiger partial charge >= 0.3 is 0 Å². The SMILES string of the molecule is CS(=O)(=O)Nc1cccc2c1C(=O)C(=O)C=C2OC1CCCCC1. The summed E-state index contributed by atoms with van der Waals surface area (Å²) in [5.74, 6) is -1.08. The number of nitrogens with one attached hydrogen (secondary N) is 1. The lowest BCUT2D eigenvalue weighted by molar-refractivity contribution is -0.111. The molecule has 0 aliphatic heterocycles. The number of hydrogen-bond donors (Lipinski definition) is 1. The number of ketones is 2. The van der Waals surface area contributed by atoms with E-state index in [0.717, 1.165) is 31.9 Å². The highest BCUT2D eigenvalue weighted by atomic mass is 32.2. The Hall–Kier alpha value is -2.15. The lowest BCUT2D eigenvalue weighted by atomic mass is 9.91. The van der Waals surface area contributed by atoms with Crippen LogP contribution >= 0.6 is 0 Å². The van der Waals surface area contributed by atoms with Gasteiger partial charge in [-0.15, -0.1) is 0 Å². The summed E-state index contributed by atoms with van der Waals surface area (Å²) in [4.78, 5) is 24.3. The van der Waals surface area contributed by atoms with Crippen molar-refractivity contribution >= 4 is 33.0 Å². The van der Waals surface area contributed by atoms with Gasteiger partial charge in [0.05, 0.1) is 23.6 Å². The van der Waals surface area contributed by atoms with Gasteiger partial charge in [0.15, 0.2) is 0 Å². The van der Waals surface area contributed by atoms with Crippen LogP contribution in [0.2, 0.25) is 0 Å². The summed E-state index contributed by atoms with van der Waals surface area (Å²) in [7, 11) is -3.57. The van der Waals surface area contributed by atoms with Crippen LogP contribution in [0.1, 0.15) is 48.0 Å². The molecule has 0 saturated heterocycles. The van der Waals surface area contributed by atoms with Gasteiger partial charge in [-0.25, -0.2) is 8.42 Å². The van der Waals surface area contributed by atoms with Crippen LogP contribution in [0.5, 0.6) is 0 Å². The molecule has 0 radical (unpaired) electrons. The fourth-order valence-electron chi connectivity index (χ4n) is 3.13. The molecule has 24 heavy (non-hydrogen) atoms. The van der Waals surface area contributed by atoms with Crippen molar-refractivity contribution in [1.29, 1.82) is 0 Å². The third-order valence-electron chi connectivity index (χ3n) is 4.18. The molecule has 0 spiro atoms. The Balaban J connectivity index is 2.00. The molecule has 1 saturated carbocycles. The van der Waals surface area contributed by atoms with E-state index in [0.29, 0.717) is 11.3 Å². The first-order chi connectivity index (χ1) is 11.3. The second kappa shape index (κ2) is 6.39. The molecule has 0 aromatic heterocycles. The van der Waals surface area contributed by atoms with Crippen molar-refractivity contribution in [3.63, 3.8) is 0 Å². The number of carbonyl (C=O) groups excluding carboxylic acids is 2. The molecule has 2 aliphatic rings. The highest BCUT2D eigenvalue weighted by Crippen LogP contribution is 2.34. The monoisotopic (exact) mass is 349 g/mol. The molecule has 0 atom stereocenters. The smallest absolute Gasteiger partial charge is 0.235 e. The second-order valence-corrected chi connectivity index (χ2v) is 7.93. The Kier molecular flexibility index (Phi) is 4.45. The van der Waals surface area contributed by atoms with Crippen LogP contribution in [0.25, 0.3) is 5.76 Å². The van der Waals surface area contributed by atoms with Gasteiger partial charge in [0.1, 0.15) is 5.76 Å². The maximum Gasteiger partial charge on any atom is 0.235 e. The number of fused-ring (bicyclic) bond motifs is 1. The maximum atomic E-state index is 12.3. The van der Waals surface area contributed by atoms with E-state index in [9.17, 15) is 18.0 Å². The molecule has 1 fully saturated rings. The minimum atomic E-state index is -3.57. The van der Waals surface area contributed by atoms with Crippen molar-refractivity contribution in [2.24, 2.45) is 0 Å². The summed E-state index contributed by atoms with van der Waals surface area (Å²) in [5, 5.41) is 0. The fraction of sp³-hybridized carbons (Fsp3) is 0.412. The molecule has 1 aromatic rings. The lowest BCUT2D eigenvalue weighted by Gasteiger charge is -2.27. The standard InChI is InChI=1S/C17H19NO5S/c1-24(21,22)18-13-9-5-8-12-15(10-14(19)17(20)16(12)13)23-11-6-3-2-4-7-11/h5,8-11,18H,2-4,6-7H2,1H3. The van der Waals surface area contributed by atoms with Crippen molar-refractivity contribution in [2.75, 3.05) is 11.0 Å². The van der Waals surface area contributed by atoms with E-state index in [1.807, 2.05) is 0 Å². The van der Waals surface area contributed by atoms with Gasteiger partial charge in [0.25, 0.3) is 0 Å². The first-order valence-corrected chi connectivity index (χ1v) is 9.82. The maximum absolute atomic E-state index is 12.3. The Labute approximate surface area is 140 Å². The average molecular weight is 349 g/mol. The van der Waals surface area contributed by atoms with E-state index < -0.39 is 21.6 Å². The van der Waals surface area contributed by atoms with E-state index in [4.69, 9.17) is 4.74 Å². The molecule has 128 valence electrons. The molecule has 0 bridgehead atoms. The first kappa shape index (κ1) is 16.7. The van der Waals surface area contributed by atoms with Crippen molar-refractivity contribution in [3.05, 3.63) is 35.4 Å². The number of carbonyl (C=O) groups is 2. The Morgan fingerprint density at radius 1 is 1.12 bits per heavy atom. The van der Waals surface area contributed by atoms with Crippen LogP contribution in [0.4, 0.5) is 5.69 Å². The molecule has 7 heteroatoms. The second-order valence-electron chi connectivity index (χ2n) is 6.18. The topological polar surface area (TPSA) is 89.5 Å². The Bertz CT molecular complexity index is 819. The summed E-state index contributed by atoms with van der Waals surface area (Å²) in [6.45, 7) is 0. The molecule has 2 aliphatic carbocycles. The Morgan fingerprint density at radius 2 is 1.83 bits per heavy atom. The van der Waals surface area contributed by atoms with Crippen LogP contribution in [-0.4, -0.2) is 32.3 Å². The van der Waals surface area contributed by atoms with Crippen molar-refractivity contribution < 1.29 is 22.7 Å². The number of anilines is 1. The van der Waals surface area contributed by atoms with Gasteiger partial charge < -0.3 is 4.74 Å². The molecular formula is C17H19NO5S. The largest absolute Gasteiger partial charge is 0.490 e. The molecule has 0 amide bonds. The highest BCUT2D eigenvalue weighted by Gasteiger charge is 2.31. The Morgan fingerprint density at radius 3 is 2.50 bits per heavy atom.